The van der Waals surface area contributed by atoms with Crippen molar-refractivity contribution in [2.24, 2.45) is 5.92 Å². The topological polar surface area (TPSA) is 156 Å². The number of nitrogens with zero attached hydrogens (tertiary/aromatic N) is 4. The van der Waals surface area contributed by atoms with Crippen LogP contribution in [0.25, 0.3) is 21.6 Å². The normalized spacial score (nSPS) is 27.6. The summed E-state index contributed by atoms with van der Waals surface area (Å²) in [6.07, 6.45) is 10.7. The maximum atomic E-state index is 14.4. The molecular formula is C34H42N6O6S. The lowest BCUT2D eigenvalue weighted by molar-refractivity contribution is -0.145. The first-order valence-corrected chi connectivity index (χ1v) is 17.1. The van der Waals surface area contributed by atoms with Gasteiger partial charge in [-0.25, -0.2) is 19.6 Å². The lowest BCUT2D eigenvalue weighted by atomic mass is 10.0. The number of benzene rings is 1. The van der Waals surface area contributed by atoms with Gasteiger partial charge in [-0.3, -0.25) is 9.59 Å². The number of carboxylic acid groups (broad SMARTS) is 1. The highest BCUT2D eigenvalue weighted by atomic mass is 32.1. The van der Waals surface area contributed by atoms with Crippen LogP contribution in [0.2, 0.25) is 0 Å². The van der Waals surface area contributed by atoms with Gasteiger partial charge in [0.15, 0.2) is 0 Å². The summed E-state index contributed by atoms with van der Waals surface area (Å²) in [6.45, 7) is 7.43. The predicted octanol–water partition coefficient (Wildman–Crippen LogP) is 4.98. The van der Waals surface area contributed by atoms with Gasteiger partial charge in [0.1, 0.15) is 28.2 Å². The van der Waals surface area contributed by atoms with Gasteiger partial charge in [0, 0.05) is 29.6 Å². The number of carbonyl (C=O) groups excluding carboxylic acids is 3. The molecule has 0 radical (unpaired) electrons. The van der Waals surface area contributed by atoms with Gasteiger partial charge in [-0.15, -0.1) is 11.3 Å². The second-order valence-electron chi connectivity index (χ2n) is 13.9. The molecule has 250 valence electrons. The van der Waals surface area contributed by atoms with E-state index in [1.165, 1.54) is 16.2 Å². The van der Waals surface area contributed by atoms with Crippen LogP contribution in [0.4, 0.5) is 4.79 Å². The van der Waals surface area contributed by atoms with Crippen molar-refractivity contribution in [2.45, 2.75) is 102 Å². The van der Waals surface area contributed by atoms with Crippen LogP contribution < -0.4 is 10.6 Å². The Morgan fingerprint density at radius 2 is 1.98 bits per heavy atom. The molecule has 4 heterocycles. The van der Waals surface area contributed by atoms with Gasteiger partial charge in [-0.2, -0.15) is 0 Å². The van der Waals surface area contributed by atoms with Gasteiger partial charge in [-0.1, -0.05) is 25.0 Å². The third-order valence-electron chi connectivity index (χ3n) is 9.27. The maximum Gasteiger partial charge on any atom is 0.408 e. The minimum atomic E-state index is -1.41. The fourth-order valence-corrected chi connectivity index (χ4v) is 7.44. The lowest BCUT2D eigenvalue weighted by Crippen LogP contribution is -2.56. The fourth-order valence-electron chi connectivity index (χ4n) is 6.82. The number of aliphatic carboxylic acids is 1. The molecule has 13 heteroatoms. The van der Waals surface area contributed by atoms with Crippen molar-refractivity contribution in [1.29, 1.82) is 0 Å². The average molecular weight is 663 g/mol. The highest BCUT2D eigenvalue weighted by molar-refractivity contribution is 7.13. The quantitative estimate of drug-likeness (QED) is 0.330. The predicted molar refractivity (Wildman–Crippen MR) is 177 cm³/mol. The summed E-state index contributed by atoms with van der Waals surface area (Å²) in [5, 5.41) is 18.6. The van der Waals surface area contributed by atoms with Crippen LogP contribution in [0, 0.1) is 12.8 Å². The first-order chi connectivity index (χ1) is 22.4. The average Bonchev–Trinajstić information content (AvgIpc) is 3.45. The Labute approximate surface area is 277 Å². The first-order valence-electron chi connectivity index (χ1n) is 16.3. The van der Waals surface area contributed by atoms with E-state index in [-0.39, 0.29) is 24.9 Å². The molecule has 0 spiro atoms. The monoisotopic (exact) mass is 662 g/mol. The number of alkyl carbamates (subject to hydrolysis) is 1. The molecule has 12 nitrogen and oxygen atoms in total. The number of aromatic nitrogens is 3. The molecule has 47 heavy (non-hydrogen) atoms. The van der Waals surface area contributed by atoms with Crippen molar-refractivity contribution in [3.8, 4) is 10.6 Å². The summed E-state index contributed by atoms with van der Waals surface area (Å²) in [5.41, 5.74) is 1.43. The fraction of sp³-hybridized carbons (Fsp3) is 0.529. The molecule has 1 aliphatic carbocycles. The van der Waals surface area contributed by atoms with Crippen molar-refractivity contribution < 1.29 is 29.0 Å². The molecule has 0 bridgehead atoms. The molecule has 1 saturated carbocycles. The molecule has 2 fully saturated rings. The number of rotatable bonds is 4. The molecule has 1 aromatic carbocycles. The molecule has 3 aliphatic rings. The first kappa shape index (κ1) is 32.7. The Hall–Kier alpha value is -4.26. The van der Waals surface area contributed by atoms with Crippen LogP contribution in [-0.4, -0.2) is 78.2 Å². The number of nitrogens with one attached hydrogen (secondary N) is 2. The van der Waals surface area contributed by atoms with E-state index >= 15 is 0 Å². The number of aryl methyl sites for hydroxylation is 1. The van der Waals surface area contributed by atoms with Gasteiger partial charge in [-0.05, 0) is 77.5 Å². The Kier molecular flexibility index (Phi) is 8.86. The van der Waals surface area contributed by atoms with Crippen molar-refractivity contribution in [3.63, 3.8) is 0 Å². The molecule has 0 unspecified atom stereocenters. The van der Waals surface area contributed by atoms with Gasteiger partial charge >= 0.3 is 12.1 Å². The number of hydrogen-bond donors (Lipinski definition) is 3. The number of carbonyl (C=O) groups is 4. The third kappa shape index (κ3) is 6.76. The number of allylic oxidation sites excluding steroid dienone is 1. The van der Waals surface area contributed by atoms with E-state index in [0.29, 0.717) is 19.3 Å². The molecule has 6 rings (SSSR count). The van der Waals surface area contributed by atoms with Crippen LogP contribution in [0.5, 0.6) is 0 Å². The lowest BCUT2D eigenvalue weighted by Gasteiger charge is -2.30. The highest BCUT2D eigenvalue weighted by Crippen LogP contribution is 2.46. The van der Waals surface area contributed by atoms with Crippen LogP contribution in [0.3, 0.4) is 0 Å². The Balaban J connectivity index is 1.36. The number of carboxylic acids is 1. The van der Waals surface area contributed by atoms with E-state index < -0.39 is 47.1 Å². The van der Waals surface area contributed by atoms with E-state index in [4.69, 9.17) is 4.74 Å². The molecule has 1 saturated heterocycles. The second kappa shape index (κ2) is 12.7. The Morgan fingerprint density at radius 3 is 2.70 bits per heavy atom. The summed E-state index contributed by atoms with van der Waals surface area (Å²) < 4.78 is 7.49. The molecule has 5 atom stereocenters. The summed E-state index contributed by atoms with van der Waals surface area (Å²) in [4.78, 5) is 64.4. The number of amides is 3. The molecule has 2 aromatic heterocycles. The number of hydrogen-bond acceptors (Lipinski definition) is 8. The smallest absolute Gasteiger partial charge is 0.408 e. The molecule has 3 aromatic rings. The van der Waals surface area contributed by atoms with E-state index in [2.05, 4.69) is 20.6 Å². The zero-order valence-corrected chi connectivity index (χ0v) is 28.0. The Bertz CT molecular complexity index is 1710. The molecule has 3 amide bonds. The number of imidazole rings is 1. The van der Waals surface area contributed by atoms with Gasteiger partial charge in [0.05, 0.1) is 23.4 Å². The van der Waals surface area contributed by atoms with Crippen molar-refractivity contribution in [1.82, 2.24) is 30.1 Å². The third-order valence-corrected chi connectivity index (χ3v) is 10.1. The van der Waals surface area contributed by atoms with Crippen LogP contribution in [-0.2, 0) is 19.1 Å². The second-order valence-corrected chi connectivity index (χ2v) is 14.8. The van der Waals surface area contributed by atoms with Crippen molar-refractivity contribution in [3.05, 3.63) is 47.8 Å². The minimum Gasteiger partial charge on any atom is -0.479 e. The van der Waals surface area contributed by atoms with Gasteiger partial charge in [0.25, 0.3) is 0 Å². The van der Waals surface area contributed by atoms with E-state index in [1.807, 2.05) is 41.2 Å². The number of ether oxygens (including phenoxy) is 1. The van der Waals surface area contributed by atoms with Crippen LogP contribution >= 0.6 is 11.3 Å². The van der Waals surface area contributed by atoms with Gasteiger partial charge in [0.2, 0.25) is 11.8 Å². The number of fused-ring (bicyclic) bond motifs is 3. The van der Waals surface area contributed by atoms with Gasteiger partial charge < -0.3 is 29.9 Å². The zero-order valence-electron chi connectivity index (χ0n) is 27.2. The zero-order chi connectivity index (χ0) is 33.5. The van der Waals surface area contributed by atoms with E-state index in [0.717, 1.165) is 46.4 Å². The minimum absolute atomic E-state index is 0.179. The van der Waals surface area contributed by atoms with Crippen LogP contribution in [0.15, 0.2) is 42.2 Å². The summed E-state index contributed by atoms with van der Waals surface area (Å²) >= 11 is 1.54. The maximum absolute atomic E-state index is 14.4. The largest absolute Gasteiger partial charge is 0.479 e. The van der Waals surface area contributed by atoms with Crippen molar-refractivity contribution in [2.75, 3.05) is 6.54 Å². The molecule has 3 N–H and O–H groups in total. The SMILES string of the molecule is Cc1cc(-c2nccs2)cc2c1ncn2[C@@H]1C[C@H]2C(=O)N[C@]3(C(=O)O)C[C@H]3/C=C\CCCCC[C@H](NC(=O)OC(C)(C)C)C(=O)N2C1. The summed E-state index contributed by atoms with van der Waals surface area (Å²) in [5.74, 6) is -2.32. The highest BCUT2D eigenvalue weighted by Gasteiger charge is 2.61. The van der Waals surface area contributed by atoms with E-state index in [1.54, 1.807) is 33.3 Å². The van der Waals surface area contributed by atoms with E-state index in [9.17, 15) is 24.3 Å². The van der Waals surface area contributed by atoms with Crippen LogP contribution in [0.1, 0.15) is 77.3 Å². The van der Waals surface area contributed by atoms with Crippen molar-refractivity contribution >= 4 is 46.2 Å². The Morgan fingerprint density at radius 1 is 1.17 bits per heavy atom. The molecule has 2 aliphatic heterocycles. The number of thiazole rings is 1. The standard InChI is InChI=1S/C34H42N6O6S/c1-20-14-21(29-35-12-13-47-29)15-25-27(20)36-19-40(25)23-16-26-28(41)38-34(31(43)44)17-22(34)10-8-6-5-7-9-11-24(30(42)39(26)18-23)37-32(45)46-33(2,3)4/h8,10,12-15,19,22-24,26H,5-7,9,11,16-18H2,1-4H3,(H,37,45)(H,38,41)(H,43,44)/b10-8-/t22-,23-,24+,26+,34-/m1/s1. The molecular weight excluding hydrogens is 620 g/mol. The summed E-state index contributed by atoms with van der Waals surface area (Å²) in [6, 6.07) is 1.87. The summed E-state index contributed by atoms with van der Waals surface area (Å²) in [7, 11) is 0.